The SMILES string of the molecule is CCN(C)/C=N/c1cc(F)cc(N(C)c2cccc(C)c2F)c1C. The van der Waals surface area contributed by atoms with Crippen molar-refractivity contribution in [3.8, 4) is 0 Å². The number of nitrogens with zero attached hydrogens (tertiary/aromatic N) is 3. The van der Waals surface area contributed by atoms with Crippen molar-refractivity contribution in [2.45, 2.75) is 20.8 Å². The highest BCUT2D eigenvalue weighted by molar-refractivity contribution is 5.74. The van der Waals surface area contributed by atoms with Gasteiger partial charge in [0.05, 0.1) is 17.7 Å². The number of benzene rings is 2. The Hall–Kier alpha value is -2.43. The van der Waals surface area contributed by atoms with Crippen LogP contribution in [-0.4, -0.2) is 31.9 Å². The van der Waals surface area contributed by atoms with Crippen LogP contribution >= 0.6 is 0 Å². The van der Waals surface area contributed by atoms with E-state index in [1.165, 1.54) is 12.1 Å². The van der Waals surface area contributed by atoms with Crippen LogP contribution in [0.1, 0.15) is 18.1 Å². The molecule has 0 heterocycles. The zero-order valence-electron chi connectivity index (χ0n) is 14.8. The maximum absolute atomic E-state index is 14.4. The van der Waals surface area contributed by atoms with Crippen molar-refractivity contribution in [1.29, 1.82) is 0 Å². The first-order chi connectivity index (χ1) is 11.3. The molecule has 0 aliphatic heterocycles. The van der Waals surface area contributed by atoms with Gasteiger partial charge in [-0.25, -0.2) is 13.8 Å². The van der Waals surface area contributed by atoms with Gasteiger partial charge in [-0.3, -0.25) is 0 Å². The molecule has 0 N–H and O–H groups in total. The van der Waals surface area contributed by atoms with E-state index in [1.54, 1.807) is 43.4 Å². The smallest absolute Gasteiger partial charge is 0.149 e. The lowest BCUT2D eigenvalue weighted by molar-refractivity contribution is 0.552. The largest absolute Gasteiger partial charge is 0.366 e. The van der Waals surface area contributed by atoms with Gasteiger partial charge in [0.15, 0.2) is 0 Å². The second-order valence-electron chi connectivity index (χ2n) is 5.85. The average molecular weight is 331 g/mol. The minimum atomic E-state index is -0.401. The molecule has 0 fully saturated rings. The van der Waals surface area contributed by atoms with Crippen molar-refractivity contribution in [3.05, 3.63) is 53.1 Å². The Kier molecular flexibility index (Phi) is 5.54. The predicted molar refractivity (Wildman–Crippen MR) is 96.8 cm³/mol. The van der Waals surface area contributed by atoms with E-state index >= 15 is 0 Å². The first kappa shape index (κ1) is 17.9. The van der Waals surface area contributed by atoms with E-state index < -0.39 is 5.82 Å². The van der Waals surface area contributed by atoms with Crippen LogP contribution in [0, 0.1) is 25.5 Å². The van der Waals surface area contributed by atoms with E-state index in [0.29, 0.717) is 22.6 Å². The molecule has 0 radical (unpaired) electrons. The fraction of sp³-hybridized carbons (Fsp3) is 0.316. The van der Waals surface area contributed by atoms with Crippen LogP contribution < -0.4 is 4.90 Å². The van der Waals surface area contributed by atoms with Crippen molar-refractivity contribution < 1.29 is 8.78 Å². The Balaban J connectivity index is 2.48. The zero-order chi connectivity index (χ0) is 17.9. The maximum Gasteiger partial charge on any atom is 0.149 e. The molecule has 0 saturated heterocycles. The van der Waals surface area contributed by atoms with Gasteiger partial charge < -0.3 is 9.80 Å². The molecule has 0 saturated carbocycles. The predicted octanol–water partition coefficient (Wildman–Crippen LogP) is 4.96. The third-order valence-corrected chi connectivity index (χ3v) is 4.10. The number of aliphatic imine (C=N–C) groups is 1. The van der Waals surface area contributed by atoms with Crippen molar-refractivity contribution in [3.63, 3.8) is 0 Å². The molecule has 2 rings (SSSR count). The molecule has 2 aromatic carbocycles. The van der Waals surface area contributed by atoms with Gasteiger partial charge in [-0.15, -0.1) is 0 Å². The standard InChI is InChI=1S/C19H23F2N3/c1-6-23(4)12-22-16-10-15(20)11-18(14(16)3)24(5)17-9-7-8-13(2)19(17)21/h7-12H,6H2,1-5H3/b22-12+. The Labute approximate surface area is 142 Å². The molecule has 2 aromatic rings. The molecule has 3 nitrogen and oxygen atoms in total. The quantitative estimate of drug-likeness (QED) is 0.569. The topological polar surface area (TPSA) is 18.8 Å². The molecule has 128 valence electrons. The van der Waals surface area contributed by atoms with Gasteiger partial charge in [0.25, 0.3) is 0 Å². The summed E-state index contributed by atoms with van der Waals surface area (Å²) in [5.41, 5.74) is 2.87. The molecule has 0 unspecified atom stereocenters. The summed E-state index contributed by atoms with van der Waals surface area (Å²) in [4.78, 5) is 7.91. The van der Waals surface area contributed by atoms with Crippen LogP contribution in [0.4, 0.5) is 25.8 Å². The normalized spacial score (nSPS) is 11.1. The van der Waals surface area contributed by atoms with Crippen LogP contribution in [0.15, 0.2) is 35.3 Å². The monoisotopic (exact) mass is 331 g/mol. The summed E-state index contributed by atoms with van der Waals surface area (Å²) in [5, 5.41) is 0. The first-order valence-electron chi connectivity index (χ1n) is 7.88. The van der Waals surface area contributed by atoms with Gasteiger partial charge in [0.1, 0.15) is 11.6 Å². The molecular formula is C19H23F2N3. The third kappa shape index (κ3) is 3.72. The molecule has 0 aliphatic rings. The summed E-state index contributed by atoms with van der Waals surface area (Å²) in [6.07, 6.45) is 1.67. The molecule has 0 amide bonds. The lowest BCUT2D eigenvalue weighted by atomic mass is 10.1. The summed E-state index contributed by atoms with van der Waals surface area (Å²) >= 11 is 0. The Bertz CT molecular complexity index is 757. The van der Waals surface area contributed by atoms with Crippen LogP contribution in [0.5, 0.6) is 0 Å². The average Bonchev–Trinajstić information content (AvgIpc) is 2.56. The highest BCUT2D eigenvalue weighted by Gasteiger charge is 2.16. The van der Waals surface area contributed by atoms with E-state index in [0.717, 1.165) is 12.1 Å². The van der Waals surface area contributed by atoms with Gasteiger partial charge in [0.2, 0.25) is 0 Å². The van der Waals surface area contributed by atoms with E-state index in [1.807, 2.05) is 25.8 Å². The third-order valence-electron chi connectivity index (χ3n) is 4.10. The lowest BCUT2D eigenvalue weighted by Crippen LogP contribution is -2.15. The number of rotatable bonds is 5. The molecule has 0 spiro atoms. The molecule has 0 aromatic heterocycles. The van der Waals surface area contributed by atoms with Gasteiger partial charge in [0, 0.05) is 26.3 Å². The molecular weight excluding hydrogens is 308 g/mol. The van der Waals surface area contributed by atoms with Crippen LogP contribution in [0.2, 0.25) is 0 Å². The van der Waals surface area contributed by atoms with Crippen molar-refractivity contribution in [2.24, 2.45) is 4.99 Å². The fourth-order valence-corrected chi connectivity index (χ4v) is 2.40. The first-order valence-corrected chi connectivity index (χ1v) is 7.88. The summed E-state index contributed by atoms with van der Waals surface area (Å²) in [5.74, 6) is -0.707. The maximum atomic E-state index is 14.4. The molecule has 0 aliphatic carbocycles. The van der Waals surface area contributed by atoms with Crippen LogP contribution in [0.25, 0.3) is 0 Å². The van der Waals surface area contributed by atoms with Gasteiger partial charge in [-0.1, -0.05) is 12.1 Å². The number of halogens is 2. The second-order valence-corrected chi connectivity index (χ2v) is 5.85. The summed E-state index contributed by atoms with van der Waals surface area (Å²) in [7, 11) is 3.62. The Morgan fingerprint density at radius 1 is 1.08 bits per heavy atom. The highest BCUT2D eigenvalue weighted by Crippen LogP contribution is 2.35. The lowest BCUT2D eigenvalue weighted by Gasteiger charge is -2.23. The zero-order valence-corrected chi connectivity index (χ0v) is 14.8. The van der Waals surface area contributed by atoms with Gasteiger partial charge in [-0.05, 0) is 50.1 Å². The van der Waals surface area contributed by atoms with E-state index in [2.05, 4.69) is 4.99 Å². The van der Waals surface area contributed by atoms with E-state index in [-0.39, 0.29) is 5.82 Å². The van der Waals surface area contributed by atoms with E-state index in [4.69, 9.17) is 0 Å². The number of aryl methyl sites for hydroxylation is 1. The molecule has 0 bridgehead atoms. The van der Waals surface area contributed by atoms with Gasteiger partial charge in [-0.2, -0.15) is 0 Å². The Morgan fingerprint density at radius 3 is 2.46 bits per heavy atom. The van der Waals surface area contributed by atoms with Gasteiger partial charge >= 0.3 is 0 Å². The fourth-order valence-electron chi connectivity index (χ4n) is 2.40. The summed E-state index contributed by atoms with van der Waals surface area (Å²) in [6, 6.07) is 7.97. The Morgan fingerprint density at radius 2 is 1.79 bits per heavy atom. The summed E-state index contributed by atoms with van der Waals surface area (Å²) < 4.78 is 28.5. The van der Waals surface area contributed by atoms with E-state index in [9.17, 15) is 8.78 Å². The number of hydrogen-bond acceptors (Lipinski definition) is 2. The number of anilines is 2. The van der Waals surface area contributed by atoms with Crippen molar-refractivity contribution in [1.82, 2.24) is 4.90 Å². The van der Waals surface area contributed by atoms with Crippen molar-refractivity contribution >= 4 is 23.4 Å². The highest BCUT2D eigenvalue weighted by atomic mass is 19.1. The van der Waals surface area contributed by atoms with Crippen LogP contribution in [-0.2, 0) is 0 Å². The van der Waals surface area contributed by atoms with Crippen LogP contribution in [0.3, 0.4) is 0 Å². The second kappa shape index (κ2) is 7.43. The minimum Gasteiger partial charge on any atom is -0.366 e. The number of hydrogen-bond donors (Lipinski definition) is 0. The summed E-state index contributed by atoms with van der Waals surface area (Å²) in [6.45, 7) is 6.38. The molecule has 5 heteroatoms. The van der Waals surface area contributed by atoms with Crippen molar-refractivity contribution in [2.75, 3.05) is 25.5 Å². The minimum absolute atomic E-state index is 0.306. The molecule has 24 heavy (non-hydrogen) atoms. The molecule has 0 atom stereocenters.